The smallest absolute Gasteiger partial charge is 0.141 e. The van der Waals surface area contributed by atoms with Crippen molar-refractivity contribution in [2.75, 3.05) is 0 Å². The maximum atomic E-state index is 6.14. The number of thiophene rings is 1. The minimum Gasteiger partial charge on any atom is -0.225 e. The van der Waals surface area contributed by atoms with Crippen molar-refractivity contribution in [3.63, 3.8) is 0 Å². The third-order valence-electron chi connectivity index (χ3n) is 3.04. The van der Waals surface area contributed by atoms with E-state index in [-0.39, 0.29) is 0 Å². The van der Waals surface area contributed by atoms with Crippen molar-refractivity contribution in [3.8, 4) is 0 Å². The SMILES string of the molecule is CC1CCc2sc3ncnc(Cl)c3c2C1. The van der Waals surface area contributed by atoms with Gasteiger partial charge in [-0.15, -0.1) is 11.3 Å². The monoisotopic (exact) mass is 238 g/mol. The molecule has 1 aliphatic carbocycles. The number of hydrogen-bond donors (Lipinski definition) is 0. The van der Waals surface area contributed by atoms with Crippen LogP contribution in [0.5, 0.6) is 0 Å². The fourth-order valence-electron chi connectivity index (χ4n) is 2.24. The lowest BCUT2D eigenvalue weighted by molar-refractivity contribution is 0.508. The molecule has 0 radical (unpaired) electrons. The minimum absolute atomic E-state index is 0.617. The third kappa shape index (κ3) is 1.45. The van der Waals surface area contributed by atoms with Gasteiger partial charge in [0.05, 0.1) is 5.39 Å². The molecule has 2 aromatic heterocycles. The molecular weight excluding hydrogens is 228 g/mol. The summed E-state index contributed by atoms with van der Waals surface area (Å²) in [5.74, 6) is 0.756. The van der Waals surface area contributed by atoms with Gasteiger partial charge in [-0.3, -0.25) is 0 Å². The molecule has 1 atom stereocenters. The summed E-state index contributed by atoms with van der Waals surface area (Å²) in [5.41, 5.74) is 1.40. The van der Waals surface area contributed by atoms with Gasteiger partial charge < -0.3 is 0 Å². The highest BCUT2D eigenvalue weighted by Crippen LogP contribution is 2.39. The van der Waals surface area contributed by atoms with Gasteiger partial charge in [0.15, 0.2) is 0 Å². The predicted octanol–water partition coefficient (Wildman–Crippen LogP) is 3.47. The number of nitrogens with zero attached hydrogens (tertiary/aromatic N) is 2. The highest BCUT2D eigenvalue weighted by Gasteiger charge is 2.22. The van der Waals surface area contributed by atoms with Crippen LogP contribution in [0.4, 0.5) is 0 Å². The van der Waals surface area contributed by atoms with Crippen LogP contribution in [0.25, 0.3) is 10.2 Å². The molecule has 0 fully saturated rings. The van der Waals surface area contributed by atoms with E-state index in [9.17, 15) is 0 Å². The molecule has 2 nitrogen and oxygen atoms in total. The second kappa shape index (κ2) is 3.42. The van der Waals surface area contributed by atoms with Gasteiger partial charge in [-0.2, -0.15) is 0 Å². The summed E-state index contributed by atoms with van der Waals surface area (Å²) >= 11 is 7.92. The van der Waals surface area contributed by atoms with Crippen LogP contribution in [-0.2, 0) is 12.8 Å². The first-order valence-corrected chi connectivity index (χ1v) is 6.36. The van der Waals surface area contributed by atoms with Crippen molar-refractivity contribution >= 4 is 33.2 Å². The Kier molecular flexibility index (Phi) is 2.18. The summed E-state index contributed by atoms with van der Waals surface area (Å²) < 4.78 is 0. The van der Waals surface area contributed by atoms with Crippen molar-refractivity contribution in [1.82, 2.24) is 9.97 Å². The third-order valence-corrected chi connectivity index (χ3v) is 4.53. The van der Waals surface area contributed by atoms with Crippen LogP contribution in [0, 0.1) is 5.92 Å². The zero-order chi connectivity index (χ0) is 10.4. The first-order chi connectivity index (χ1) is 7.25. The standard InChI is InChI=1S/C11H11ClN2S/c1-6-2-3-8-7(4-6)9-10(12)13-5-14-11(9)15-8/h5-6H,2-4H2,1H3. The molecule has 78 valence electrons. The molecular formula is C11H11ClN2S. The molecule has 2 heterocycles. The quantitative estimate of drug-likeness (QED) is 0.657. The van der Waals surface area contributed by atoms with Crippen molar-refractivity contribution in [1.29, 1.82) is 0 Å². The Labute approximate surface area is 97.3 Å². The highest BCUT2D eigenvalue weighted by atomic mass is 35.5. The van der Waals surface area contributed by atoms with E-state index in [1.54, 1.807) is 17.7 Å². The van der Waals surface area contributed by atoms with Gasteiger partial charge in [0, 0.05) is 4.88 Å². The molecule has 0 N–H and O–H groups in total. The van der Waals surface area contributed by atoms with Gasteiger partial charge in [0.25, 0.3) is 0 Å². The molecule has 0 amide bonds. The Morgan fingerprint density at radius 3 is 3.20 bits per heavy atom. The van der Waals surface area contributed by atoms with E-state index < -0.39 is 0 Å². The van der Waals surface area contributed by atoms with E-state index in [0.29, 0.717) is 5.15 Å². The molecule has 0 aromatic carbocycles. The zero-order valence-electron chi connectivity index (χ0n) is 8.46. The normalized spacial score (nSPS) is 20.5. The Hall–Kier alpha value is -0.670. The average molecular weight is 239 g/mol. The lowest BCUT2D eigenvalue weighted by Crippen LogP contribution is -2.08. The zero-order valence-corrected chi connectivity index (χ0v) is 10.0. The highest BCUT2D eigenvalue weighted by molar-refractivity contribution is 7.19. The molecule has 0 aliphatic heterocycles. The van der Waals surface area contributed by atoms with Gasteiger partial charge in [-0.1, -0.05) is 18.5 Å². The number of aryl methyl sites for hydroxylation is 1. The van der Waals surface area contributed by atoms with Crippen LogP contribution in [0.2, 0.25) is 5.15 Å². The maximum Gasteiger partial charge on any atom is 0.141 e. The second-order valence-corrected chi connectivity index (χ2v) is 5.64. The summed E-state index contributed by atoms with van der Waals surface area (Å²) in [4.78, 5) is 10.9. The molecule has 0 bridgehead atoms. The van der Waals surface area contributed by atoms with Gasteiger partial charge >= 0.3 is 0 Å². The van der Waals surface area contributed by atoms with E-state index in [0.717, 1.165) is 22.6 Å². The summed E-state index contributed by atoms with van der Waals surface area (Å²) in [6, 6.07) is 0. The van der Waals surface area contributed by atoms with E-state index in [1.165, 1.54) is 23.3 Å². The van der Waals surface area contributed by atoms with Gasteiger partial charge in [-0.25, -0.2) is 9.97 Å². The number of halogens is 1. The first kappa shape index (κ1) is 9.55. The molecule has 4 heteroatoms. The molecule has 3 rings (SSSR count). The Balaban J connectivity index is 2.30. The van der Waals surface area contributed by atoms with Crippen LogP contribution < -0.4 is 0 Å². The van der Waals surface area contributed by atoms with E-state index in [4.69, 9.17) is 11.6 Å². The lowest BCUT2D eigenvalue weighted by atomic mass is 9.89. The van der Waals surface area contributed by atoms with Crippen LogP contribution >= 0.6 is 22.9 Å². The Bertz CT molecular complexity index is 521. The van der Waals surface area contributed by atoms with Gasteiger partial charge in [0.2, 0.25) is 0 Å². The molecule has 0 spiro atoms. The van der Waals surface area contributed by atoms with Crippen molar-refractivity contribution < 1.29 is 0 Å². The second-order valence-electron chi connectivity index (χ2n) is 4.20. The van der Waals surface area contributed by atoms with Crippen molar-refractivity contribution in [2.24, 2.45) is 5.92 Å². The molecule has 0 saturated heterocycles. The fourth-order valence-corrected chi connectivity index (χ4v) is 3.73. The van der Waals surface area contributed by atoms with Crippen LogP contribution in [0.15, 0.2) is 6.33 Å². The molecule has 0 saturated carbocycles. The predicted molar refractivity (Wildman–Crippen MR) is 63.6 cm³/mol. The summed E-state index contributed by atoms with van der Waals surface area (Å²) in [7, 11) is 0. The van der Waals surface area contributed by atoms with Gasteiger partial charge in [-0.05, 0) is 30.7 Å². The topological polar surface area (TPSA) is 25.8 Å². The number of aromatic nitrogens is 2. The van der Waals surface area contributed by atoms with Crippen LogP contribution in [0.3, 0.4) is 0 Å². The molecule has 15 heavy (non-hydrogen) atoms. The van der Waals surface area contributed by atoms with Gasteiger partial charge in [0.1, 0.15) is 16.3 Å². The summed E-state index contributed by atoms with van der Waals surface area (Å²) in [5, 5.41) is 1.72. The number of hydrogen-bond acceptors (Lipinski definition) is 3. The number of rotatable bonds is 0. The average Bonchev–Trinajstić information content (AvgIpc) is 2.57. The van der Waals surface area contributed by atoms with Crippen LogP contribution in [0.1, 0.15) is 23.8 Å². The summed E-state index contributed by atoms with van der Waals surface area (Å²) in [6.45, 7) is 2.30. The van der Waals surface area contributed by atoms with E-state index >= 15 is 0 Å². The largest absolute Gasteiger partial charge is 0.225 e. The van der Waals surface area contributed by atoms with Crippen molar-refractivity contribution in [2.45, 2.75) is 26.2 Å². The molecule has 1 aliphatic rings. The summed E-state index contributed by atoms with van der Waals surface area (Å²) in [6.07, 6.45) is 5.14. The molecule has 1 unspecified atom stereocenters. The van der Waals surface area contributed by atoms with E-state index in [2.05, 4.69) is 16.9 Å². The minimum atomic E-state index is 0.617. The fraction of sp³-hybridized carbons (Fsp3) is 0.455. The van der Waals surface area contributed by atoms with Crippen molar-refractivity contribution in [3.05, 3.63) is 21.9 Å². The Morgan fingerprint density at radius 2 is 2.33 bits per heavy atom. The number of fused-ring (bicyclic) bond motifs is 3. The van der Waals surface area contributed by atoms with Crippen LogP contribution in [-0.4, -0.2) is 9.97 Å². The lowest BCUT2D eigenvalue weighted by Gasteiger charge is -2.17. The first-order valence-electron chi connectivity index (χ1n) is 5.16. The Morgan fingerprint density at radius 1 is 1.47 bits per heavy atom. The van der Waals surface area contributed by atoms with E-state index in [1.807, 2.05) is 0 Å². The molecule has 2 aromatic rings. The maximum absolute atomic E-state index is 6.14.